The molecule has 2 aromatic rings. The molecule has 0 aliphatic heterocycles. The van der Waals surface area contributed by atoms with Crippen LogP contribution in [0.5, 0.6) is 0 Å². The molecule has 0 aromatic carbocycles. The Hall–Kier alpha value is -1.68. The molecule has 0 amide bonds. The minimum absolute atomic E-state index is 0.157. The van der Waals surface area contributed by atoms with Crippen molar-refractivity contribution in [2.24, 2.45) is 7.05 Å². The summed E-state index contributed by atoms with van der Waals surface area (Å²) < 4.78 is 1.92. The number of nitrogens with one attached hydrogen (secondary N) is 1. The molecule has 0 saturated heterocycles. The molecule has 0 spiro atoms. The first-order valence-corrected chi connectivity index (χ1v) is 5.71. The second-order valence-corrected chi connectivity index (χ2v) is 4.29. The van der Waals surface area contributed by atoms with Gasteiger partial charge in [-0.15, -0.1) is 0 Å². The Bertz CT molecular complexity index is 496. The standard InChI is InChI=1S/C13H18N4/c1-9-8-16-17(4)13(9)12(14-3)11-5-6-15-10(2)7-11/h5-8,12,14H,1-4H3. The molecule has 17 heavy (non-hydrogen) atoms. The number of aromatic nitrogens is 3. The maximum atomic E-state index is 4.29. The van der Waals surface area contributed by atoms with Crippen LogP contribution in [0.3, 0.4) is 0 Å². The van der Waals surface area contributed by atoms with Gasteiger partial charge in [0.15, 0.2) is 0 Å². The van der Waals surface area contributed by atoms with Crippen LogP contribution in [0, 0.1) is 13.8 Å². The zero-order valence-electron chi connectivity index (χ0n) is 10.7. The third-order valence-electron chi connectivity index (χ3n) is 2.99. The Labute approximate surface area is 102 Å². The van der Waals surface area contributed by atoms with Crippen molar-refractivity contribution >= 4 is 0 Å². The molecule has 1 unspecified atom stereocenters. The first kappa shape index (κ1) is 11.8. The van der Waals surface area contributed by atoms with E-state index in [1.165, 1.54) is 16.8 Å². The van der Waals surface area contributed by atoms with Gasteiger partial charge in [0.1, 0.15) is 0 Å². The van der Waals surface area contributed by atoms with Crippen LogP contribution in [0.2, 0.25) is 0 Å². The van der Waals surface area contributed by atoms with Crippen LogP contribution in [-0.4, -0.2) is 21.8 Å². The Morgan fingerprint density at radius 2 is 2.12 bits per heavy atom. The lowest BCUT2D eigenvalue weighted by atomic mass is 10.0. The highest BCUT2D eigenvalue weighted by atomic mass is 15.3. The Balaban J connectivity index is 2.47. The summed E-state index contributed by atoms with van der Waals surface area (Å²) in [5.74, 6) is 0. The van der Waals surface area contributed by atoms with E-state index in [2.05, 4.69) is 28.4 Å². The van der Waals surface area contributed by atoms with Crippen molar-refractivity contribution in [3.05, 3.63) is 47.0 Å². The van der Waals surface area contributed by atoms with Gasteiger partial charge in [0.2, 0.25) is 0 Å². The van der Waals surface area contributed by atoms with Crippen LogP contribution < -0.4 is 5.32 Å². The number of hydrogen-bond acceptors (Lipinski definition) is 3. The number of nitrogens with zero attached hydrogens (tertiary/aromatic N) is 3. The topological polar surface area (TPSA) is 42.7 Å². The summed E-state index contributed by atoms with van der Waals surface area (Å²) in [7, 11) is 3.94. The van der Waals surface area contributed by atoms with Gasteiger partial charge in [0, 0.05) is 18.9 Å². The van der Waals surface area contributed by atoms with Crippen LogP contribution in [0.15, 0.2) is 24.5 Å². The summed E-state index contributed by atoms with van der Waals surface area (Å²) >= 11 is 0. The maximum absolute atomic E-state index is 4.29. The van der Waals surface area contributed by atoms with Gasteiger partial charge in [-0.2, -0.15) is 5.10 Å². The lowest BCUT2D eigenvalue weighted by Crippen LogP contribution is -2.21. The van der Waals surface area contributed by atoms with E-state index in [1.54, 1.807) is 0 Å². The average molecular weight is 230 g/mol. The molecule has 4 nitrogen and oxygen atoms in total. The minimum atomic E-state index is 0.157. The fraction of sp³-hybridized carbons (Fsp3) is 0.385. The van der Waals surface area contributed by atoms with E-state index in [0.717, 1.165) is 5.69 Å². The third kappa shape index (κ3) is 2.22. The van der Waals surface area contributed by atoms with Crippen molar-refractivity contribution in [3.8, 4) is 0 Å². The predicted octanol–water partition coefficient (Wildman–Crippen LogP) is 1.74. The molecule has 2 aromatic heterocycles. The number of aryl methyl sites for hydroxylation is 3. The van der Waals surface area contributed by atoms with Crippen molar-refractivity contribution in [3.63, 3.8) is 0 Å². The van der Waals surface area contributed by atoms with Crippen molar-refractivity contribution in [1.29, 1.82) is 0 Å². The van der Waals surface area contributed by atoms with E-state index in [0.29, 0.717) is 0 Å². The van der Waals surface area contributed by atoms with Gasteiger partial charge in [-0.3, -0.25) is 9.67 Å². The summed E-state index contributed by atoms with van der Waals surface area (Å²) in [6, 6.07) is 4.30. The fourth-order valence-corrected chi connectivity index (χ4v) is 2.18. The molecule has 2 rings (SSSR count). The molecular weight excluding hydrogens is 212 g/mol. The summed E-state index contributed by atoms with van der Waals surface area (Å²) in [5, 5.41) is 7.64. The normalized spacial score (nSPS) is 12.7. The SMILES string of the molecule is CNC(c1ccnc(C)c1)c1c(C)cnn1C. The van der Waals surface area contributed by atoms with Crippen molar-refractivity contribution < 1.29 is 0 Å². The average Bonchev–Trinajstić information content (AvgIpc) is 2.62. The van der Waals surface area contributed by atoms with E-state index in [-0.39, 0.29) is 6.04 Å². The number of hydrogen-bond donors (Lipinski definition) is 1. The molecule has 0 aliphatic carbocycles. The van der Waals surface area contributed by atoms with Crippen LogP contribution in [0.25, 0.3) is 0 Å². The molecule has 0 saturated carbocycles. The monoisotopic (exact) mass is 230 g/mol. The summed E-state index contributed by atoms with van der Waals surface area (Å²) in [6.45, 7) is 4.09. The first-order chi connectivity index (χ1) is 8.13. The summed E-state index contributed by atoms with van der Waals surface area (Å²) in [6.07, 6.45) is 3.74. The molecule has 2 heterocycles. The van der Waals surface area contributed by atoms with E-state index in [4.69, 9.17) is 0 Å². The van der Waals surface area contributed by atoms with Gasteiger partial charge in [0.25, 0.3) is 0 Å². The van der Waals surface area contributed by atoms with E-state index < -0.39 is 0 Å². The minimum Gasteiger partial charge on any atom is -0.308 e. The number of rotatable bonds is 3. The molecule has 0 aliphatic rings. The summed E-state index contributed by atoms with van der Waals surface area (Å²) in [5.41, 5.74) is 4.63. The van der Waals surface area contributed by atoms with Crippen LogP contribution in [-0.2, 0) is 7.05 Å². The second kappa shape index (κ2) is 4.67. The quantitative estimate of drug-likeness (QED) is 0.873. The molecule has 0 bridgehead atoms. The van der Waals surface area contributed by atoms with Crippen molar-refractivity contribution in [1.82, 2.24) is 20.1 Å². The predicted molar refractivity (Wildman–Crippen MR) is 67.8 cm³/mol. The molecule has 0 fully saturated rings. The lowest BCUT2D eigenvalue weighted by molar-refractivity contribution is 0.602. The van der Waals surface area contributed by atoms with E-state index in [9.17, 15) is 0 Å². The van der Waals surface area contributed by atoms with Gasteiger partial charge >= 0.3 is 0 Å². The summed E-state index contributed by atoms with van der Waals surface area (Å²) in [4.78, 5) is 4.23. The third-order valence-corrected chi connectivity index (χ3v) is 2.99. The smallest absolute Gasteiger partial charge is 0.0749 e. The lowest BCUT2D eigenvalue weighted by Gasteiger charge is -2.18. The molecular formula is C13H18N4. The van der Waals surface area contributed by atoms with Gasteiger partial charge in [0.05, 0.1) is 17.9 Å². The molecule has 1 atom stereocenters. The van der Waals surface area contributed by atoms with Crippen LogP contribution in [0.1, 0.15) is 28.6 Å². The van der Waals surface area contributed by atoms with Crippen molar-refractivity contribution in [2.75, 3.05) is 7.05 Å². The molecule has 90 valence electrons. The largest absolute Gasteiger partial charge is 0.308 e. The Morgan fingerprint density at radius 3 is 2.65 bits per heavy atom. The van der Waals surface area contributed by atoms with Gasteiger partial charge < -0.3 is 5.32 Å². The fourth-order valence-electron chi connectivity index (χ4n) is 2.18. The maximum Gasteiger partial charge on any atom is 0.0749 e. The Morgan fingerprint density at radius 1 is 1.35 bits per heavy atom. The highest BCUT2D eigenvalue weighted by Crippen LogP contribution is 2.23. The highest BCUT2D eigenvalue weighted by molar-refractivity contribution is 5.31. The molecule has 1 N–H and O–H groups in total. The van der Waals surface area contributed by atoms with Gasteiger partial charge in [-0.25, -0.2) is 0 Å². The van der Waals surface area contributed by atoms with Crippen LogP contribution in [0.4, 0.5) is 0 Å². The Kier molecular flexibility index (Phi) is 3.24. The van der Waals surface area contributed by atoms with Gasteiger partial charge in [-0.05, 0) is 44.2 Å². The molecule has 0 radical (unpaired) electrons. The van der Waals surface area contributed by atoms with E-state index in [1.807, 2.05) is 44.2 Å². The zero-order valence-corrected chi connectivity index (χ0v) is 10.7. The molecule has 4 heteroatoms. The number of pyridine rings is 1. The van der Waals surface area contributed by atoms with Crippen LogP contribution >= 0.6 is 0 Å². The van der Waals surface area contributed by atoms with E-state index >= 15 is 0 Å². The zero-order chi connectivity index (χ0) is 12.4. The highest BCUT2D eigenvalue weighted by Gasteiger charge is 2.18. The second-order valence-electron chi connectivity index (χ2n) is 4.29. The van der Waals surface area contributed by atoms with Gasteiger partial charge in [-0.1, -0.05) is 0 Å². The van der Waals surface area contributed by atoms with Crippen molar-refractivity contribution in [2.45, 2.75) is 19.9 Å². The first-order valence-electron chi connectivity index (χ1n) is 5.71.